The van der Waals surface area contributed by atoms with Gasteiger partial charge in [-0.15, -0.1) is 0 Å². The summed E-state index contributed by atoms with van der Waals surface area (Å²) in [6.07, 6.45) is 3.17. The number of hydrogen-bond donors (Lipinski definition) is 2. The Kier molecular flexibility index (Phi) is 5.76. The van der Waals surface area contributed by atoms with Crippen LogP contribution in [0.5, 0.6) is 0 Å². The van der Waals surface area contributed by atoms with Gasteiger partial charge in [0.1, 0.15) is 5.82 Å². The van der Waals surface area contributed by atoms with Gasteiger partial charge in [-0.2, -0.15) is 0 Å². The van der Waals surface area contributed by atoms with Gasteiger partial charge in [0.05, 0.1) is 11.0 Å². The molecule has 0 spiro atoms. The van der Waals surface area contributed by atoms with Crippen LogP contribution in [0, 0.1) is 5.92 Å². The molecule has 0 bridgehead atoms. The fourth-order valence-corrected chi connectivity index (χ4v) is 2.77. The molecular formula is C17H28N4. The standard InChI is InChI=1S/C17H28N4/c1-13(2)11-14(18)12-19-10-6-9-17-20-15-7-4-5-8-16(15)21(17)3/h4-5,7-8,13-14,19H,6,9-12,18H2,1-3H3. The molecule has 2 aromatic rings. The SMILES string of the molecule is CC(C)CC(N)CNCCCc1nc2ccccc2n1C. The fourth-order valence-electron chi connectivity index (χ4n) is 2.77. The zero-order valence-electron chi connectivity index (χ0n) is 13.5. The van der Waals surface area contributed by atoms with Crippen molar-refractivity contribution in [2.24, 2.45) is 18.7 Å². The Hall–Kier alpha value is -1.39. The number of nitrogens with zero attached hydrogens (tertiary/aromatic N) is 2. The van der Waals surface area contributed by atoms with E-state index in [9.17, 15) is 0 Å². The quantitative estimate of drug-likeness (QED) is 0.734. The third-order valence-electron chi connectivity index (χ3n) is 3.81. The Morgan fingerprint density at radius 1 is 1.29 bits per heavy atom. The normalized spacial score (nSPS) is 13.2. The van der Waals surface area contributed by atoms with Gasteiger partial charge in [0.25, 0.3) is 0 Å². The average molecular weight is 288 g/mol. The molecule has 0 amide bonds. The molecule has 0 aliphatic rings. The Labute approximate surface area is 127 Å². The van der Waals surface area contributed by atoms with E-state index in [1.807, 2.05) is 6.07 Å². The minimum absolute atomic E-state index is 0.265. The van der Waals surface area contributed by atoms with Crippen LogP contribution in [0.4, 0.5) is 0 Å². The lowest BCUT2D eigenvalue weighted by Crippen LogP contribution is -2.35. The number of nitrogens with two attached hydrogens (primary N) is 1. The summed E-state index contributed by atoms with van der Waals surface area (Å²) in [7, 11) is 2.09. The molecule has 1 aromatic carbocycles. The third kappa shape index (κ3) is 4.55. The number of aromatic nitrogens is 2. The van der Waals surface area contributed by atoms with E-state index in [-0.39, 0.29) is 6.04 Å². The highest BCUT2D eigenvalue weighted by Gasteiger charge is 2.07. The number of hydrogen-bond acceptors (Lipinski definition) is 3. The summed E-state index contributed by atoms with van der Waals surface area (Å²) in [5, 5.41) is 3.45. The van der Waals surface area contributed by atoms with Crippen molar-refractivity contribution in [1.82, 2.24) is 14.9 Å². The summed E-state index contributed by atoms with van der Waals surface area (Å²) in [6, 6.07) is 8.56. The molecule has 4 nitrogen and oxygen atoms in total. The molecule has 116 valence electrons. The Balaban J connectivity index is 1.74. The van der Waals surface area contributed by atoms with Crippen molar-refractivity contribution in [3.63, 3.8) is 0 Å². The molecule has 0 fully saturated rings. The maximum atomic E-state index is 6.06. The Morgan fingerprint density at radius 2 is 2.05 bits per heavy atom. The highest BCUT2D eigenvalue weighted by atomic mass is 15.1. The molecule has 0 aliphatic carbocycles. The number of benzene rings is 1. The zero-order valence-corrected chi connectivity index (χ0v) is 13.5. The molecule has 3 N–H and O–H groups in total. The van der Waals surface area contributed by atoms with E-state index < -0.39 is 0 Å². The maximum absolute atomic E-state index is 6.06. The van der Waals surface area contributed by atoms with Crippen molar-refractivity contribution >= 4 is 11.0 Å². The zero-order chi connectivity index (χ0) is 15.2. The van der Waals surface area contributed by atoms with Gasteiger partial charge < -0.3 is 15.6 Å². The maximum Gasteiger partial charge on any atom is 0.109 e. The number of para-hydroxylation sites is 2. The summed E-state index contributed by atoms with van der Waals surface area (Å²) in [5.74, 6) is 1.83. The molecule has 2 rings (SSSR count). The summed E-state index contributed by atoms with van der Waals surface area (Å²) < 4.78 is 2.19. The molecule has 0 saturated carbocycles. The van der Waals surface area contributed by atoms with Crippen LogP contribution in [-0.4, -0.2) is 28.7 Å². The van der Waals surface area contributed by atoms with Crippen molar-refractivity contribution in [2.45, 2.75) is 39.2 Å². The first kappa shape index (κ1) is 16.0. The number of nitrogens with one attached hydrogen (secondary N) is 1. The van der Waals surface area contributed by atoms with Gasteiger partial charge in [-0.25, -0.2) is 4.98 Å². The Bertz CT molecular complexity index is 559. The number of rotatable bonds is 8. The molecule has 0 saturated heterocycles. The molecule has 21 heavy (non-hydrogen) atoms. The highest BCUT2D eigenvalue weighted by molar-refractivity contribution is 5.75. The third-order valence-corrected chi connectivity index (χ3v) is 3.81. The van der Waals surface area contributed by atoms with E-state index in [1.54, 1.807) is 0 Å². The van der Waals surface area contributed by atoms with E-state index in [0.717, 1.165) is 43.7 Å². The predicted octanol–water partition coefficient (Wildman–Crippen LogP) is 2.47. The van der Waals surface area contributed by atoms with E-state index in [2.05, 4.69) is 49.0 Å². The lowest BCUT2D eigenvalue weighted by atomic mass is 10.0. The minimum atomic E-state index is 0.265. The van der Waals surface area contributed by atoms with Gasteiger partial charge in [0.15, 0.2) is 0 Å². The van der Waals surface area contributed by atoms with Gasteiger partial charge in [0, 0.05) is 26.1 Å². The Morgan fingerprint density at radius 3 is 2.76 bits per heavy atom. The predicted molar refractivity (Wildman–Crippen MR) is 89.3 cm³/mol. The monoisotopic (exact) mass is 288 g/mol. The second-order valence-electron chi connectivity index (χ2n) is 6.27. The summed E-state index contributed by atoms with van der Waals surface area (Å²) >= 11 is 0. The summed E-state index contributed by atoms with van der Waals surface area (Å²) in [4.78, 5) is 4.69. The second-order valence-corrected chi connectivity index (χ2v) is 6.27. The van der Waals surface area contributed by atoms with Crippen molar-refractivity contribution in [3.8, 4) is 0 Å². The van der Waals surface area contributed by atoms with Gasteiger partial charge in [-0.3, -0.25) is 0 Å². The van der Waals surface area contributed by atoms with Crippen molar-refractivity contribution < 1.29 is 0 Å². The molecule has 4 heteroatoms. The molecule has 0 radical (unpaired) electrons. The summed E-state index contributed by atoms with van der Waals surface area (Å²) in [6.45, 7) is 6.33. The molecular weight excluding hydrogens is 260 g/mol. The van der Waals surface area contributed by atoms with Crippen LogP contribution in [0.1, 0.15) is 32.5 Å². The first-order chi connectivity index (χ1) is 10.1. The van der Waals surface area contributed by atoms with Crippen LogP contribution < -0.4 is 11.1 Å². The van der Waals surface area contributed by atoms with Crippen LogP contribution in [0.3, 0.4) is 0 Å². The van der Waals surface area contributed by atoms with Crippen molar-refractivity contribution in [1.29, 1.82) is 0 Å². The van der Waals surface area contributed by atoms with Gasteiger partial charge in [-0.05, 0) is 37.4 Å². The van der Waals surface area contributed by atoms with Crippen LogP contribution in [0.2, 0.25) is 0 Å². The summed E-state index contributed by atoms with van der Waals surface area (Å²) in [5.41, 5.74) is 8.36. The fraction of sp³-hybridized carbons (Fsp3) is 0.588. The minimum Gasteiger partial charge on any atom is -0.331 e. The molecule has 1 aromatic heterocycles. The topological polar surface area (TPSA) is 55.9 Å². The smallest absolute Gasteiger partial charge is 0.109 e. The number of imidazole rings is 1. The number of aryl methyl sites for hydroxylation is 2. The van der Waals surface area contributed by atoms with Crippen LogP contribution >= 0.6 is 0 Å². The highest BCUT2D eigenvalue weighted by Crippen LogP contribution is 2.14. The largest absolute Gasteiger partial charge is 0.331 e. The molecule has 1 atom stereocenters. The van der Waals surface area contributed by atoms with E-state index in [4.69, 9.17) is 10.7 Å². The lowest BCUT2D eigenvalue weighted by Gasteiger charge is -2.14. The lowest BCUT2D eigenvalue weighted by molar-refractivity contribution is 0.465. The van der Waals surface area contributed by atoms with E-state index in [1.165, 1.54) is 5.52 Å². The van der Waals surface area contributed by atoms with E-state index in [0.29, 0.717) is 5.92 Å². The molecule has 1 unspecified atom stereocenters. The molecule has 0 aliphatic heterocycles. The van der Waals surface area contributed by atoms with Crippen LogP contribution in [0.15, 0.2) is 24.3 Å². The van der Waals surface area contributed by atoms with Crippen LogP contribution in [0.25, 0.3) is 11.0 Å². The van der Waals surface area contributed by atoms with Gasteiger partial charge in [-0.1, -0.05) is 26.0 Å². The van der Waals surface area contributed by atoms with Gasteiger partial charge in [0.2, 0.25) is 0 Å². The average Bonchev–Trinajstić information content (AvgIpc) is 2.75. The van der Waals surface area contributed by atoms with Crippen molar-refractivity contribution in [3.05, 3.63) is 30.1 Å². The van der Waals surface area contributed by atoms with Crippen molar-refractivity contribution in [2.75, 3.05) is 13.1 Å². The van der Waals surface area contributed by atoms with E-state index >= 15 is 0 Å². The number of fused-ring (bicyclic) bond motifs is 1. The van der Waals surface area contributed by atoms with Gasteiger partial charge >= 0.3 is 0 Å². The first-order valence-corrected chi connectivity index (χ1v) is 7.94. The molecule has 1 heterocycles. The first-order valence-electron chi connectivity index (χ1n) is 7.94. The van der Waals surface area contributed by atoms with Crippen LogP contribution in [-0.2, 0) is 13.5 Å². The second kappa shape index (κ2) is 7.57.